The second-order valence-electron chi connectivity index (χ2n) is 6.96. The quantitative estimate of drug-likeness (QED) is 0.148. The second kappa shape index (κ2) is 36.3. The van der Waals surface area contributed by atoms with Gasteiger partial charge in [0, 0.05) is 43.8 Å². The molecule has 240 valence electrons. The molecule has 0 aromatic heterocycles. The summed E-state index contributed by atoms with van der Waals surface area (Å²) < 4.78 is 18.6. The van der Waals surface area contributed by atoms with Gasteiger partial charge in [0.25, 0.3) is 0 Å². The number of rotatable bonds is 15. The van der Waals surface area contributed by atoms with E-state index in [0.29, 0.717) is 75.1 Å². The first-order valence-corrected chi connectivity index (χ1v) is 16.5. The Morgan fingerprint density at radius 2 is 0.683 bits per heavy atom. The van der Waals surface area contributed by atoms with E-state index in [2.05, 4.69) is 31.6 Å². The second-order valence-corrected chi connectivity index (χ2v) is 11.2. The zero-order valence-corrected chi connectivity index (χ0v) is 28.5. The van der Waals surface area contributed by atoms with E-state index in [4.69, 9.17) is 0 Å². The van der Waals surface area contributed by atoms with Gasteiger partial charge >= 0.3 is 23.9 Å². The van der Waals surface area contributed by atoms with E-state index >= 15 is 0 Å². The Hall–Kier alpha value is -1.71. The first kappa shape index (κ1) is 46.3. The van der Waals surface area contributed by atoms with Crippen LogP contribution in [-0.2, 0) is 52.5 Å². The molecule has 0 unspecified atom stereocenters. The van der Waals surface area contributed by atoms with Gasteiger partial charge in [0.05, 0.1) is 52.1 Å². The van der Waals surface area contributed by atoms with Crippen molar-refractivity contribution < 1.29 is 52.5 Å². The topological polar surface area (TPSA) is 156 Å². The fraction of sp³-hybridized carbons (Fsp3) is 0.731. The summed E-state index contributed by atoms with van der Waals surface area (Å²) in [6.07, 6.45) is 1.37. The van der Waals surface area contributed by atoms with E-state index in [1.807, 2.05) is 0 Å². The van der Waals surface area contributed by atoms with Gasteiger partial charge in [-0.05, 0) is 27.7 Å². The van der Waals surface area contributed by atoms with Crippen molar-refractivity contribution in [2.75, 3.05) is 49.4 Å². The molecule has 0 saturated heterocycles. The summed E-state index contributed by atoms with van der Waals surface area (Å²) in [6.45, 7) is 13.2. The minimum Gasteiger partial charge on any atom is -0.466 e. The van der Waals surface area contributed by atoms with Gasteiger partial charge in [-0.3, -0.25) is 33.6 Å². The summed E-state index contributed by atoms with van der Waals surface area (Å²) in [5.74, 6) is 1.27. The first-order valence-electron chi connectivity index (χ1n) is 12.9. The maximum Gasteiger partial charge on any atom is 0.306 e. The fourth-order valence-corrected chi connectivity index (χ4v) is 3.71. The van der Waals surface area contributed by atoms with E-state index in [1.54, 1.807) is 27.7 Å². The summed E-state index contributed by atoms with van der Waals surface area (Å²) in [4.78, 5) is 73.6. The lowest BCUT2D eigenvalue weighted by Crippen LogP contribution is -2.05. The zero-order chi connectivity index (χ0) is 32.5. The molecule has 0 aliphatic rings. The molecule has 0 bridgehead atoms. The molecule has 0 radical (unpaired) electrons. The number of esters is 4. The van der Waals surface area contributed by atoms with Gasteiger partial charge in [0.2, 0.25) is 0 Å². The maximum atomic E-state index is 10.7. The van der Waals surface area contributed by atoms with Crippen LogP contribution in [0.25, 0.3) is 0 Å². The number of thioether (sulfide) groups is 3. The third-order valence-corrected chi connectivity index (χ3v) is 6.04. The lowest BCUT2D eigenvalue weighted by Gasteiger charge is -1.98. The standard InChI is InChI=1S/3C7H12O3S.C5H10O2S/c3*1-3-10-7(9)4-5-11-6(2)8;1-2-7-5(6)3-4-8/h3*3-5H2,1-2H3;8H,2-4H2,1H3. The molecule has 11 nitrogen and oxygen atoms in total. The Balaban J connectivity index is -0.000000224. The van der Waals surface area contributed by atoms with Crippen LogP contribution in [0.3, 0.4) is 0 Å². The third kappa shape index (κ3) is 51.5. The van der Waals surface area contributed by atoms with Crippen molar-refractivity contribution in [2.45, 2.75) is 74.1 Å². The smallest absolute Gasteiger partial charge is 0.306 e. The number of hydrogen-bond donors (Lipinski definition) is 1. The van der Waals surface area contributed by atoms with Crippen LogP contribution in [0, 0.1) is 0 Å². The Morgan fingerprint density at radius 3 is 0.854 bits per heavy atom. The molecule has 0 heterocycles. The molecular formula is C26H46O11S4. The van der Waals surface area contributed by atoms with Crippen molar-refractivity contribution in [3.63, 3.8) is 0 Å². The van der Waals surface area contributed by atoms with Crippen molar-refractivity contribution in [2.24, 2.45) is 0 Å². The number of ether oxygens (including phenoxy) is 4. The van der Waals surface area contributed by atoms with Crippen LogP contribution in [0.2, 0.25) is 0 Å². The molecule has 0 saturated carbocycles. The summed E-state index contributed by atoms with van der Waals surface area (Å²) in [7, 11) is 0. The van der Waals surface area contributed by atoms with Gasteiger partial charge in [-0.25, -0.2) is 0 Å². The van der Waals surface area contributed by atoms with Gasteiger partial charge in [-0.2, -0.15) is 12.6 Å². The van der Waals surface area contributed by atoms with E-state index in [0.717, 1.165) is 35.3 Å². The van der Waals surface area contributed by atoms with Gasteiger partial charge in [0.1, 0.15) is 0 Å². The summed E-state index contributed by atoms with van der Waals surface area (Å²) >= 11 is 7.29. The van der Waals surface area contributed by atoms with Crippen molar-refractivity contribution in [1.82, 2.24) is 0 Å². The van der Waals surface area contributed by atoms with E-state index in [1.165, 1.54) is 20.8 Å². The highest BCUT2D eigenvalue weighted by atomic mass is 32.2. The Labute approximate surface area is 262 Å². The minimum absolute atomic E-state index is 0.0364. The SMILES string of the molecule is CCOC(=O)CCS.CCOC(=O)CCSC(C)=O.CCOC(=O)CCSC(C)=O.CCOC(=O)CCSC(C)=O. The monoisotopic (exact) mass is 662 g/mol. The molecule has 41 heavy (non-hydrogen) atoms. The molecule has 0 atom stereocenters. The number of thiol groups is 1. The van der Waals surface area contributed by atoms with E-state index in [-0.39, 0.29) is 39.2 Å². The average molecular weight is 663 g/mol. The maximum absolute atomic E-state index is 10.7. The van der Waals surface area contributed by atoms with Crippen LogP contribution >= 0.6 is 47.9 Å². The summed E-state index contributed by atoms with van der Waals surface area (Å²) in [5, 5.41) is 0.109. The van der Waals surface area contributed by atoms with Crippen LogP contribution < -0.4 is 0 Å². The molecule has 0 fully saturated rings. The number of carbonyl (C=O) groups excluding carboxylic acids is 7. The van der Waals surface area contributed by atoms with Crippen LogP contribution in [0.4, 0.5) is 0 Å². The summed E-state index contributed by atoms with van der Waals surface area (Å²) in [5.41, 5.74) is 0. The van der Waals surface area contributed by atoms with E-state index < -0.39 is 0 Å². The molecule has 0 aliphatic heterocycles. The number of hydrogen-bond acceptors (Lipinski definition) is 15. The highest BCUT2D eigenvalue weighted by molar-refractivity contribution is 8.14. The Morgan fingerprint density at radius 1 is 0.463 bits per heavy atom. The first-order chi connectivity index (χ1) is 19.3. The van der Waals surface area contributed by atoms with Crippen molar-refractivity contribution in [3.05, 3.63) is 0 Å². The lowest BCUT2D eigenvalue weighted by molar-refractivity contribution is -0.143. The van der Waals surface area contributed by atoms with Gasteiger partial charge < -0.3 is 18.9 Å². The summed E-state index contributed by atoms with van der Waals surface area (Å²) in [6, 6.07) is 0. The predicted molar refractivity (Wildman–Crippen MR) is 168 cm³/mol. The molecule has 0 aliphatic carbocycles. The molecule has 0 aromatic rings. The lowest BCUT2D eigenvalue weighted by atomic mass is 10.5. The molecular weight excluding hydrogens is 617 g/mol. The van der Waals surface area contributed by atoms with Crippen molar-refractivity contribution in [1.29, 1.82) is 0 Å². The fourth-order valence-electron chi connectivity index (χ4n) is 1.86. The molecule has 0 aromatic carbocycles. The van der Waals surface area contributed by atoms with Gasteiger partial charge in [0.15, 0.2) is 15.3 Å². The van der Waals surface area contributed by atoms with Crippen molar-refractivity contribution >= 4 is 87.1 Å². The minimum atomic E-state index is -0.235. The number of carbonyl (C=O) groups is 7. The molecule has 0 spiro atoms. The van der Waals surface area contributed by atoms with Crippen molar-refractivity contribution in [3.8, 4) is 0 Å². The van der Waals surface area contributed by atoms with Gasteiger partial charge in [-0.15, -0.1) is 0 Å². The molecule has 15 heteroatoms. The average Bonchev–Trinajstić information content (AvgIpc) is 2.85. The highest BCUT2D eigenvalue weighted by Gasteiger charge is 2.03. The van der Waals surface area contributed by atoms with Crippen LogP contribution in [0.1, 0.15) is 74.1 Å². The molecule has 0 amide bonds. The van der Waals surface area contributed by atoms with Crippen LogP contribution in [0.15, 0.2) is 0 Å². The van der Waals surface area contributed by atoms with E-state index in [9.17, 15) is 33.6 Å². The highest BCUT2D eigenvalue weighted by Crippen LogP contribution is 2.05. The van der Waals surface area contributed by atoms with Crippen LogP contribution in [0.5, 0.6) is 0 Å². The largest absolute Gasteiger partial charge is 0.466 e. The molecule has 0 N–H and O–H groups in total. The normalized spacial score (nSPS) is 9.17. The zero-order valence-electron chi connectivity index (χ0n) is 25.1. The third-order valence-electron chi connectivity index (χ3n) is 3.37. The van der Waals surface area contributed by atoms with Crippen LogP contribution in [-0.4, -0.2) is 88.7 Å². The Bertz CT molecular complexity index is 658. The Kier molecular flexibility index (Phi) is 41.0. The molecule has 0 rings (SSSR count). The predicted octanol–water partition coefficient (Wildman–Crippen LogP) is 4.53. The van der Waals surface area contributed by atoms with Gasteiger partial charge in [-0.1, -0.05) is 35.3 Å².